The molecule has 0 aliphatic heterocycles. The minimum Gasteiger partial charge on any atom is -0.508 e. The highest BCUT2D eigenvalue weighted by molar-refractivity contribution is 7.88. The van der Waals surface area contributed by atoms with Crippen LogP contribution >= 0.6 is 0 Å². The van der Waals surface area contributed by atoms with Crippen LogP contribution in [0.4, 0.5) is 16.2 Å². The molecule has 0 aromatic heterocycles. The van der Waals surface area contributed by atoms with Gasteiger partial charge in [0.25, 0.3) is 0 Å². The van der Waals surface area contributed by atoms with Crippen molar-refractivity contribution in [1.29, 1.82) is 0 Å². The number of likely N-dealkylation sites (N-methyl/N-ethyl adjacent to an activating group) is 1. The number of sulfonamides is 1. The highest BCUT2D eigenvalue weighted by Crippen LogP contribution is 2.23. The molecule has 1 amide bonds. The lowest BCUT2D eigenvalue weighted by Gasteiger charge is -2.24. The summed E-state index contributed by atoms with van der Waals surface area (Å²) in [6.07, 6.45) is 0.464. The number of aliphatic hydroxyl groups is 1. The SMILES string of the molecule is CCN(CCNS(C)(=O)=O)c1ccc(NC(=O)OCc2cc(O)ccc2CO)c(C)c1. The van der Waals surface area contributed by atoms with Crippen LogP contribution in [0, 0.1) is 6.92 Å². The van der Waals surface area contributed by atoms with Gasteiger partial charge in [-0.05, 0) is 60.9 Å². The Labute approximate surface area is 182 Å². The van der Waals surface area contributed by atoms with Gasteiger partial charge in [0.1, 0.15) is 12.4 Å². The van der Waals surface area contributed by atoms with Crippen molar-refractivity contribution in [2.45, 2.75) is 27.1 Å². The normalized spacial score (nSPS) is 11.2. The number of nitrogens with one attached hydrogen (secondary N) is 2. The molecule has 2 aromatic rings. The Hall–Kier alpha value is -2.82. The number of phenolic OH excluding ortho intramolecular Hbond substituents is 1. The summed E-state index contributed by atoms with van der Waals surface area (Å²) >= 11 is 0. The fourth-order valence-corrected chi connectivity index (χ4v) is 3.47. The zero-order valence-electron chi connectivity index (χ0n) is 17.9. The first-order chi connectivity index (χ1) is 14.6. The van der Waals surface area contributed by atoms with E-state index in [-0.39, 0.29) is 19.0 Å². The fraction of sp³-hybridized carbons (Fsp3) is 0.381. The number of aryl methyl sites for hydroxylation is 1. The number of hydrogen-bond acceptors (Lipinski definition) is 7. The molecule has 9 nitrogen and oxygen atoms in total. The molecule has 31 heavy (non-hydrogen) atoms. The van der Waals surface area contributed by atoms with Gasteiger partial charge in [0, 0.05) is 31.0 Å². The van der Waals surface area contributed by atoms with E-state index in [4.69, 9.17) is 4.74 Å². The van der Waals surface area contributed by atoms with E-state index in [2.05, 4.69) is 10.0 Å². The quantitative estimate of drug-likeness (QED) is 0.436. The lowest BCUT2D eigenvalue weighted by molar-refractivity contribution is 0.153. The van der Waals surface area contributed by atoms with Crippen LogP contribution in [0.1, 0.15) is 23.6 Å². The smallest absolute Gasteiger partial charge is 0.411 e. The number of carbonyl (C=O) groups is 1. The molecule has 0 heterocycles. The monoisotopic (exact) mass is 451 g/mol. The summed E-state index contributed by atoms with van der Waals surface area (Å²) < 4.78 is 30.2. The summed E-state index contributed by atoms with van der Waals surface area (Å²) in [7, 11) is -3.24. The molecule has 0 atom stereocenters. The van der Waals surface area contributed by atoms with Gasteiger partial charge in [-0.2, -0.15) is 0 Å². The van der Waals surface area contributed by atoms with Crippen LogP contribution in [0.2, 0.25) is 0 Å². The number of carbonyl (C=O) groups excluding carboxylic acids is 1. The highest BCUT2D eigenvalue weighted by atomic mass is 32.2. The van der Waals surface area contributed by atoms with Crippen molar-refractivity contribution in [2.24, 2.45) is 0 Å². The predicted octanol–water partition coefficient (Wildman–Crippen LogP) is 2.32. The van der Waals surface area contributed by atoms with E-state index in [0.29, 0.717) is 36.4 Å². The summed E-state index contributed by atoms with van der Waals surface area (Å²) in [4.78, 5) is 14.2. The van der Waals surface area contributed by atoms with Crippen LogP contribution in [0.3, 0.4) is 0 Å². The van der Waals surface area contributed by atoms with Crippen LogP contribution in [0.15, 0.2) is 36.4 Å². The molecule has 170 valence electrons. The molecule has 0 saturated heterocycles. The van der Waals surface area contributed by atoms with Crippen molar-refractivity contribution < 1.29 is 28.2 Å². The van der Waals surface area contributed by atoms with E-state index in [1.54, 1.807) is 12.1 Å². The van der Waals surface area contributed by atoms with E-state index in [1.807, 2.05) is 30.9 Å². The van der Waals surface area contributed by atoms with Crippen LogP contribution in [0.5, 0.6) is 5.75 Å². The van der Waals surface area contributed by atoms with Crippen molar-refractivity contribution in [1.82, 2.24) is 4.72 Å². The van der Waals surface area contributed by atoms with Gasteiger partial charge in [-0.25, -0.2) is 17.9 Å². The largest absolute Gasteiger partial charge is 0.508 e. The molecule has 0 spiro atoms. The standard InChI is InChI=1S/C21H29N3O6S/c1-4-24(10-9-22-31(3,28)29)18-6-8-20(15(2)11-18)23-21(27)30-14-17-12-19(26)7-5-16(17)13-25/h5-8,11-12,22,25-26H,4,9-10,13-14H2,1-3H3,(H,23,27). The Balaban J connectivity index is 1.98. The summed E-state index contributed by atoms with van der Waals surface area (Å²) in [5.41, 5.74) is 3.39. The molecular formula is C21H29N3O6S. The van der Waals surface area contributed by atoms with Gasteiger partial charge >= 0.3 is 6.09 Å². The lowest BCUT2D eigenvalue weighted by Crippen LogP contribution is -2.34. The molecule has 2 rings (SSSR count). The number of benzene rings is 2. The van der Waals surface area contributed by atoms with Crippen LogP contribution in [0.25, 0.3) is 0 Å². The van der Waals surface area contributed by atoms with Crippen LogP contribution < -0.4 is 14.9 Å². The van der Waals surface area contributed by atoms with E-state index in [0.717, 1.165) is 17.5 Å². The molecule has 0 unspecified atom stereocenters. The second kappa shape index (κ2) is 11.0. The number of nitrogens with zero attached hydrogens (tertiary/aromatic N) is 1. The number of phenols is 1. The number of anilines is 2. The van der Waals surface area contributed by atoms with E-state index < -0.39 is 16.1 Å². The Morgan fingerprint density at radius 1 is 1.16 bits per heavy atom. The molecule has 0 radical (unpaired) electrons. The third-order valence-corrected chi connectivity index (χ3v) is 5.39. The molecule has 0 bridgehead atoms. The van der Waals surface area contributed by atoms with E-state index in [1.165, 1.54) is 12.1 Å². The summed E-state index contributed by atoms with van der Waals surface area (Å²) in [5, 5.41) is 21.6. The number of aliphatic hydroxyl groups excluding tert-OH is 1. The summed E-state index contributed by atoms with van der Waals surface area (Å²) in [6.45, 7) is 5.00. The van der Waals surface area contributed by atoms with Gasteiger partial charge in [-0.3, -0.25) is 5.32 Å². The van der Waals surface area contributed by atoms with Gasteiger partial charge in [0.15, 0.2) is 0 Å². The minimum atomic E-state index is -3.24. The first-order valence-electron chi connectivity index (χ1n) is 9.78. The number of hydrogen-bond donors (Lipinski definition) is 4. The third-order valence-electron chi connectivity index (χ3n) is 4.66. The number of amides is 1. The molecule has 2 aromatic carbocycles. The number of ether oxygens (including phenoxy) is 1. The molecule has 0 aliphatic carbocycles. The predicted molar refractivity (Wildman–Crippen MR) is 120 cm³/mol. The zero-order chi connectivity index (χ0) is 23.0. The second-order valence-corrected chi connectivity index (χ2v) is 8.89. The first-order valence-corrected chi connectivity index (χ1v) is 11.7. The van der Waals surface area contributed by atoms with Crippen molar-refractivity contribution in [3.63, 3.8) is 0 Å². The minimum absolute atomic E-state index is 0.0230. The van der Waals surface area contributed by atoms with Crippen LogP contribution in [-0.4, -0.2) is 50.6 Å². The molecule has 0 aliphatic rings. The Kier molecular flexibility index (Phi) is 8.66. The summed E-state index contributed by atoms with van der Waals surface area (Å²) in [5.74, 6) is 0.0230. The fourth-order valence-electron chi connectivity index (χ4n) is 3.01. The average molecular weight is 452 g/mol. The molecular weight excluding hydrogens is 422 g/mol. The Morgan fingerprint density at radius 3 is 2.52 bits per heavy atom. The molecule has 10 heteroatoms. The van der Waals surface area contributed by atoms with Gasteiger partial charge in [0.05, 0.1) is 12.9 Å². The van der Waals surface area contributed by atoms with Gasteiger partial charge < -0.3 is 19.8 Å². The maximum absolute atomic E-state index is 12.2. The van der Waals surface area contributed by atoms with E-state index >= 15 is 0 Å². The molecule has 0 fully saturated rings. The number of rotatable bonds is 10. The molecule has 0 saturated carbocycles. The third kappa shape index (κ3) is 7.74. The van der Waals surface area contributed by atoms with Crippen LogP contribution in [-0.2, 0) is 28.0 Å². The molecule has 4 N–H and O–H groups in total. The van der Waals surface area contributed by atoms with Crippen molar-refractivity contribution >= 4 is 27.5 Å². The Bertz CT molecular complexity index is 1010. The topological polar surface area (TPSA) is 128 Å². The Morgan fingerprint density at radius 2 is 1.90 bits per heavy atom. The second-order valence-electron chi connectivity index (χ2n) is 7.06. The summed E-state index contributed by atoms with van der Waals surface area (Å²) in [6, 6.07) is 9.96. The van der Waals surface area contributed by atoms with E-state index in [9.17, 15) is 23.4 Å². The lowest BCUT2D eigenvalue weighted by atomic mass is 10.1. The van der Waals surface area contributed by atoms with Crippen molar-refractivity contribution in [3.8, 4) is 5.75 Å². The number of aromatic hydroxyl groups is 1. The zero-order valence-corrected chi connectivity index (χ0v) is 18.7. The maximum Gasteiger partial charge on any atom is 0.411 e. The van der Waals surface area contributed by atoms with Crippen molar-refractivity contribution in [2.75, 3.05) is 36.1 Å². The van der Waals surface area contributed by atoms with Gasteiger partial charge in [-0.1, -0.05) is 6.07 Å². The van der Waals surface area contributed by atoms with Crippen molar-refractivity contribution in [3.05, 3.63) is 53.1 Å². The van der Waals surface area contributed by atoms with Gasteiger partial charge in [0.2, 0.25) is 10.0 Å². The van der Waals surface area contributed by atoms with Gasteiger partial charge in [-0.15, -0.1) is 0 Å². The first kappa shape index (κ1) is 24.4. The maximum atomic E-state index is 12.2. The highest BCUT2D eigenvalue weighted by Gasteiger charge is 2.12. The average Bonchev–Trinajstić information content (AvgIpc) is 2.70.